The molecule has 0 aromatic heterocycles. The van der Waals surface area contributed by atoms with Gasteiger partial charge in [-0.05, 0) is 31.2 Å². The molecule has 1 aliphatic heterocycles. The van der Waals surface area contributed by atoms with Gasteiger partial charge in [0.05, 0.1) is 12.0 Å². The van der Waals surface area contributed by atoms with Crippen molar-refractivity contribution in [3.8, 4) is 0 Å². The zero-order valence-corrected chi connectivity index (χ0v) is 12.8. The van der Waals surface area contributed by atoms with Gasteiger partial charge < -0.3 is 14.4 Å². The van der Waals surface area contributed by atoms with Crippen LogP contribution in [-0.4, -0.2) is 36.7 Å². The Labute approximate surface area is 130 Å². The number of fused-ring (bicyclic) bond motifs is 1. The van der Waals surface area contributed by atoms with Crippen molar-refractivity contribution in [1.29, 1.82) is 0 Å². The molecule has 5 nitrogen and oxygen atoms in total. The van der Waals surface area contributed by atoms with Gasteiger partial charge in [-0.2, -0.15) is 0 Å². The largest absolute Gasteiger partial charge is 0.466 e. The van der Waals surface area contributed by atoms with Crippen LogP contribution in [0.2, 0.25) is 0 Å². The first-order valence-corrected chi connectivity index (χ1v) is 7.78. The van der Waals surface area contributed by atoms with Crippen LogP contribution in [-0.2, 0) is 20.9 Å². The number of likely N-dealkylation sites (tertiary alicyclic amines) is 1. The van der Waals surface area contributed by atoms with E-state index in [0.717, 1.165) is 12.0 Å². The molecule has 2 aliphatic rings. The average Bonchev–Trinajstić information content (AvgIpc) is 3.29. The van der Waals surface area contributed by atoms with Crippen molar-refractivity contribution in [2.24, 2.45) is 11.3 Å². The highest BCUT2D eigenvalue weighted by Gasteiger charge is 2.63. The van der Waals surface area contributed by atoms with E-state index in [-0.39, 0.29) is 30.0 Å². The van der Waals surface area contributed by atoms with Gasteiger partial charge >= 0.3 is 12.1 Å². The second-order valence-corrected chi connectivity index (χ2v) is 6.01. The Morgan fingerprint density at radius 3 is 2.73 bits per heavy atom. The van der Waals surface area contributed by atoms with Crippen LogP contribution in [0, 0.1) is 11.3 Å². The molecule has 1 aromatic rings. The zero-order chi connectivity index (χ0) is 15.6. The van der Waals surface area contributed by atoms with E-state index in [0.29, 0.717) is 26.1 Å². The van der Waals surface area contributed by atoms with Gasteiger partial charge in [0, 0.05) is 13.1 Å². The highest BCUT2D eigenvalue weighted by molar-refractivity contribution is 5.81. The van der Waals surface area contributed by atoms with E-state index in [4.69, 9.17) is 9.47 Å². The molecule has 22 heavy (non-hydrogen) atoms. The number of rotatable bonds is 4. The SMILES string of the molecule is CCOC(=O)[C@]12CCN(C(=O)OCc3ccccc3)C[C@H]1C2. The normalized spacial score (nSPS) is 26.0. The Balaban J connectivity index is 1.50. The third-order valence-electron chi connectivity index (χ3n) is 4.65. The topological polar surface area (TPSA) is 55.8 Å². The fourth-order valence-corrected chi connectivity index (χ4v) is 3.22. The fraction of sp³-hybridized carbons (Fsp3) is 0.529. The van der Waals surface area contributed by atoms with Crippen molar-refractivity contribution in [2.45, 2.75) is 26.4 Å². The molecular weight excluding hydrogens is 282 g/mol. The summed E-state index contributed by atoms with van der Waals surface area (Å²) in [6.07, 6.45) is 1.21. The third-order valence-corrected chi connectivity index (χ3v) is 4.65. The number of amides is 1. The van der Waals surface area contributed by atoms with Gasteiger partial charge in [0.1, 0.15) is 6.61 Å². The van der Waals surface area contributed by atoms with E-state index in [1.54, 1.807) is 4.90 Å². The van der Waals surface area contributed by atoms with Crippen LogP contribution in [0.5, 0.6) is 0 Å². The lowest BCUT2D eigenvalue weighted by atomic mass is 9.95. The van der Waals surface area contributed by atoms with Gasteiger partial charge in [-0.1, -0.05) is 30.3 Å². The van der Waals surface area contributed by atoms with Crippen molar-refractivity contribution in [2.75, 3.05) is 19.7 Å². The maximum atomic E-state index is 12.1. The molecule has 1 saturated heterocycles. The van der Waals surface area contributed by atoms with Crippen LogP contribution in [0.1, 0.15) is 25.3 Å². The lowest BCUT2D eigenvalue weighted by molar-refractivity contribution is -0.151. The molecule has 1 aliphatic carbocycles. The van der Waals surface area contributed by atoms with Crippen LogP contribution < -0.4 is 0 Å². The lowest BCUT2D eigenvalue weighted by Crippen LogP contribution is -2.42. The Bertz CT molecular complexity index is 559. The van der Waals surface area contributed by atoms with Crippen LogP contribution >= 0.6 is 0 Å². The summed E-state index contributed by atoms with van der Waals surface area (Å²) in [4.78, 5) is 25.8. The molecule has 1 heterocycles. The molecule has 1 saturated carbocycles. The maximum absolute atomic E-state index is 12.1. The number of ether oxygens (including phenoxy) is 2. The van der Waals surface area contributed by atoms with Crippen molar-refractivity contribution in [3.05, 3.63) is 35.9 Å². The number of hydrogen-bond donors (Lipinski definition) is 0. The summed E-state index contributed by atoms with van der Waals surface area (Å²) >= 11 is 0. The number of esters is 1. The van der Waals surface area contributed by atoms with Gasteiger partial charge in [-0.3, -0.25) is 4.79 Å². The summed E-state index contributed by atoms with van der Waals surface area (Å²) in [5, 5.41) is 0. The smallest absolute Gasteiger partial charge is 0.410 e. The van der Waals surface area contributed by atoms with Crippen molar-refractivity contribution in [3.63, 3.8) is 0 Å². The number of benzene rings is 1. The first kappa shape index (κ1) is 14.9. The second-order valence-electron chi connectivity index (χ2n) is 6.01. The molecule has 5 heteroatoms. The number of hydrogen-bond acceptors (Lipinski definition) is 4. The summed E-state index contributed by atoms with van der Waals surface area (Å²) in [7, 11) is 0. The molecule has 1 amide bonds. The minimum atomic E-state index is -0.327. The molecule has 2 fully saturated rings. The fourth-order valence-electron chi connectivity index (χ4n) is 3.22. The first-order chi connectivity index (χ1) is 10.7. The van der Waals surface area contributed by atoms with E-state index in [1.807, 2.05) is 37.3 Å². The standard InChI is InChI=1S/C17H21NO4/c1-2-21-15(19)17-8-9-18(11-14(17)10-17)16(20)22-12-13-6-4-3-5-7-13/h3-7,14H,2,8-12H2,1H3/t14-,17+/m1/s1. The van der Waals surface area contributed by atoms with Gasteiger partial charge in [0.25, 0.3) is 0 Å². The van der Waals surface area contributed by atoms with E-state index in [1.165, 1.54) is 0 Å². The number of nitrogens with zero attached hydrogens (tertiary/aromatic N) is 1. The van der Waals surface area contributed by atoms with Gasteiger partial charge in [-0.15, -0.1) is 0 Å². The van der Waals surface area contributed by atoms with E-state index < -0.39 is 0 Å². The zero-order valence-electron chi connectivity index (χ0n) is 12.8. The summed E-state index contributed by atoms with van der Waals surface area (Å²) < 4.78 is 10.5. The quantitative estimate of drug-likeness (QED) is 0.802. The molecule has 0 bridgehead atoms. The van der Waals surface area contributed by atoms with Gasteiger partial charge in [0.15, 0.2) is 0 Å². The van der Waals surface area contributed by atoms with Crippen LogP contribution in [0.15, 0.2) is 30.3 Å². The number of piperidine rings is 1. The minimum Gasteiger partial charge on any atom is -0.466 e. The molecular formula is C17H21NO4. The lowest BCUT2D eigenvalue weighted by Gasteiger charge is -2.29. The van der Waals surface area contributed by atoms with Crippen LogP contribution in [0.3, 0.4) is 0 Å². The summed E-state index contributed by atoms with van der Waals surface area (Å²) in [5.74, 6) is 0.127. The molecule has 0 radical (unpaired) electrons. The van der Waals surface area contributed by atoms with Crippen molar-refractivity contribution >= 4 is 12.1 Å². The van der Waals surface area contributed by atoms with Crippen molar-refractivity contribution < 1.29 is 19.1 Å². The Morgan fingerprint density at radius 2 is 2.05 bits per heavy atom. The molecule has 0 unspecified atom stereocenters. The minimum absolute atomic E-state index is 0.0997. The van der Waals surface area contributed by atoms with E-state index >= 15 is 0 Å². The predicted octanol–water partition coefficient (Wildman–Crippen LogP) is 2.60. The summed E-state index contributed by atoms with van der Waals surface area (Å²) in [6, 6.07) is 9.62. The highest BCUT2D eigenvalue weighted by atomic mass is 16.6. The number of carbonyl (C=O) groups is 2. The Kier molecular flexibility index (Phi) is 4.05. The number of carbonyl (C=O) groups excluding carboxylic acids is 2. The molecule has 2 atom stereocenters. The summed E-state index contributed by atoms with van der Waals surface area (Å²) in [6.45, 7) is 3.66. The van der Waals surface area contributed by atoms with Gasteiger partial charge in [0.2, 0.25) is 0 Å². The van der Waals surface area contributed by atoms with E-state index in [2.05, 4.69) is 0 Å². The monoisotopic (exact) mass is 303 g/mol. The highest BCUT2D eigenvalue weighted by Crippen LogP contribution is 2.58. The van der Waals surface area contributed by atoms with Crippen LogP contribution in [0.4, 0.5) is 4.79 Å². The second kappa shape index (κ2) is 5.99. The molecule has 0 N–H and O–H groups in total. The summed E-state index contributed by atoms with van der Waals surface area (Å²) in [5.41, 5.74) is 0.645. The maximum Gasteiger partial charge on any atom is 0.410 e. The molecule has 0 spiro atoms. The van der Waals surface area contributed by atoms with Crippen LogP contribution in [0.25, 0.3) is 0 Å². The Hall–Kier alpha value is -2.04. The molecule has 1 aromatic carbocycles. The first-order valence-electron chi connectivity index (χ1n) is 7.78. The average molecular weight is 303 g/mol. The Morgan fingerprint density at radius 1 is 1.27 bits per heavy atom. The van der Waals surface area contributed by atoms with Gasteiger partial charge in [-0.25, -0.2) is 4.79 Å². The van der Waals surface area contributed by atoms with E-state index in [9.17, 15) is 9.59 Å². The van der Waals surface area contributed by atoms with Crippen molar-refractivity contribution in [1.82, 2.24) is 4.90 Å². The third kappa shape index (κ3) is 2.80. The molecule has 118 valence electrons. The molecule has 3 rings (SSSR count). The predicted molar refractivity (Wildman–Crippen MR) is 80.0 cm³/mol.